The van der Waals surface area contributed by atoms with Crippen LogP contribution in [-0.2, 0) is 19.6 Å². The zero-order valence-corrected chi connectivity index (χ0v) is 23.6. The summed E-state index contributed by atoms with van der Waals surface area (Å²) in [5, 5.41) is 0.831. The number of aryl methyl sites for hydroxylation is 1. The summed E-state index contributed by atoms with van der Waals surface area (Å²) in [6.45, 7) is 2.03. The van der Waals surface area contributed by atoms with E-state index in [1.54, 1.807) is 23.5 Å². The highest BCUT2D eigenvalue weighted by Gasteiger charge is 2.49. The first-order chi connectivity index (χ1) is 19.2. The topological polar surface area (TPSA) is 87.7 Å². The van der Waals surface area contributed by atoms with Crippen LogP contribution in [0.25, 0.3) is 20.8 Å². The second-order valence-electron chi connectivity index (χ2n) is 10.4. The Morgan fingerprint density at radius 2 is 1.65 bits per heavy atom. The van der Waals surface area contributed by atoms with Crippen LogP contribution in [-0.4, -0.2) is 41.6 Å². The number of carbonyl (C=O) groups excluding carboxylic acids is 2. The lowest BCUT2D eigenvalue weighted by atomic mass is 9.94. The first-order valence-corrected chi connectivity index (χ1v) is 15.6. The molecular formula is C30H28FN3O4S2. The van der Waals surface area contributed by atoms with Gasteiger partial charge < -0.3 is 0 Å². The molecule has 4 aromatic rings. The monoisotopic (exact) mass is 577 g/mol. The van der Waals surface area contributed by atoms with Gasteiger partial charge in [0.05, 0.1) is 27.2 Å². The average molecular weight is 578 g/mol. The predicted molar refractivity (Wildman–Crippen MR) is 153 cm³/mol. The van der Waals surface area contributed by atoms with Crippen molar-refractivity contribution in [2.24, 2.45) is 0 Å². The molecule has 0 spiro atoms. The molecular weight excluding hydrogens is 549 g/mol. The van der Waals surface area contributed by atoms with E-state index in [1.807, 2.05) is 31.2 Å². The minimum atomic E-state index is -4.16. The number of hydrogen-bond acceptors (Lipinski definition) is 6. The third kappa shape index (κ3) is 4.84. The Balaban J connectivity index is 1.31. The lowest BCUT2D eigenvalue weighted by Gasteiger charge is -2.36. The number of anilines is 1. The van der Waals surface area contributed by atoms with Crippen LogP contribution in [0, 0.1) is 12.7 Å². The number of rotatable bonds is 6. The zero-order valence-electron chi connectivity index (χ0n) is 21.9. The molecule has 0 bridgehead atoms. The maximum absolute atomic E-state index is 13.8. The average Bonchev–Trinajstić information content (AvgIpc) is 3.49. The van der Waals surface area contributed by atoms with Crippen LogP contribution in [0.15, 0.2) is 71.6 Å². The van der Waals surface area contributed by atoms with Crippen LogP contribution >= 0.6 is 11.3 Å². The summed E-state index contributed by atoms with van der Waals surface area (Å²) in [5.74, 6) is -1.57. The quantitative estimate of drug-likeness (QED) is 0.260. The summed E-state index contributed by atoms with van der Waals surface area (Å²) in [6, 6.07) is 16.2. The number of sulfonamides is 1. The van der Waals surface area contributed by atoms with Gasteiger partial charge >= 0.3 is 0 Å². The minimum absolute atomic E-state index is 0.0893. The summed E-state index contributed by atoms with van der Waals surface area (Å²) in [6.07, 6.45) is 3.64. The van der Waals surface area contributed by atoms with Crippen molar-refractivity contribution in [1.82, 2.24) is 9.29 Å². The standard InChI is InChI=1S/C30H28FN3O4S2/c1-19-7-16-25-27(17-19)39-29(32-25)20-8-12-22(13-9-20)33-28(35)18-26(30(33)36)34(23-5-3-2-4-6-23)40(37,38)24-14-10-21(31)11-15-24/h7-17,23,26H,2-6,18H2,1H3. The number of nitrogens with zero attached hydrogens (tertiary/aromatic N) is 3. The van der Waals surface area contributed by atoms with Gasteiger partial charge in [0.25, 0.3) is 5.91 Å². The second-order valence-corrected chi connectivity index (χ2v) is 13.3. The number of amides is 2. The van der Waals surface area contributed by atoms with Gasteiger partial charge in [-0.1, -0.05) is 25.3 Å². The van der Waals surface area contributed by atoms with Crippen molar-refractivity contribution in [2.75, 3.05) is 4.90 Å². The summed E-state index contributed by atoms with van der Waals surface area (Å²) >= 11 is 1.57. The van der Waals surface area contributed by atoms with E-state index in [1.165, 1.54) is 16.4 Å². The molecule has 0 N–H and O–H groups in total. The van der Waals surface area contributed by atoms with Crippen molar-refractivity contribution >= 4 is 49.1 Å². The highest BCUT2D eigenvalue weighted by Crippen LogP contribution is 2.36. The third-order valence-electron chi connectivity index (χ3n) is 7.67. The van der Waals surface area contributed by atoms with Gasteiger partial charge in [0, 0.05) is 11.6 Å². The van der Waals surface area contributed by atoms with Gasteiger partial charge in [-0.2, -0.15) is 4.31 Å². The van der Waals surface area contributed by atoms with Crippen molar-refractivity contribution < 1.29 is 22.4 Å². The molecule has 40 heavy (non-hydrogen) atoms. The number of benzene rings is 3. The molecule has 1 saturated carbocycles. The Morgan fingerprint density at radius 1 is 0.950 bits per heavy atom. The van der Waals surface area contributed by atoms with Gasteiger partial charge in [-0.25, -0.2) is 22.7 Å². The number of hydrogen-bond donors (Lipinski definition) is 0. The van der Waals surface area contributed by atoms with E-state index in [2.05, 4.69) is 6.07 Å². The molecule has 3 aromatic carbocycles. The molecule has 0 radical (unpaired) electrons. The van der Waals surface area contributed by atoms with Crippen molar-refractivity contribution in [2.45, 2.75) is 62.4 Å². The third-order valence-corrected chi connectivity index (χ3v) is 10.7. The van der Waals surface area contributed by atoms with Crippen molar-refractivity contribution in [3.05, 3.63) is 78.1 Å². The predicted octanol–water partition coefficient (Wildman–Crippen LogP) is 6.07. The van der Waals surface area contributed by atoms with Gasteiger partial charge in [-0.05, 0) is 86.0 Å². The van der Waals surface area contributed by atoms with E-state index in [0.29, 0.717) is 18.5 Å². The van der Waals surface area contributed by atoms with Crippen molar-refractivity contribution in [1.29, 1.82) is 0 Å². The minimum Gasteiger partial charge on any atom is -0.274 e. The van der Waals surface area contributed by atoms with E-state index in [4.69, 9.17) is 4.98 Å². The SMILES string of the molecule is Cc1ccc2nc(-c3ccc(N4C(=O)CC(N(C5CCCCC5)S(=O)(=O)c5ccc(F)cc5)C4=O)cc3)sc2c1. The molecule has 2 fully saturated rings. The molecule has 6 rings (SSSR count). The molecule has 7 nitrogen and oxygen atoms in total. The van der Waals surface area contributed by atoms with Gasteiger partial charge in [0.2, 0.25) is 15.9 Å². The molecule has 1 atom stereocenters. The molecule has 1 aromatic heterocycles. The molecule has 1 saturated heterocycles. The molecule has 1 unspecified atom stereocenters. The van der Waals surface area contributed by atoms with E-state index in [9.17, 15) is 22.4 Å². The smallest absolute Gasteiger partial charge is 0.252 e. The van der Waals surface area contributed by atoms with E-state index in [0.717, 1.165) is 62.6 Å². The van der Waals surface area contributed by atoms with Gasteiger partial charge in [0.1, 0.15) is 16.9 Å². The van der Waals surface area contributed by atoms with E-state index < -0.39 is 39.7 Å². The largest absolute Gasteiger partial charge is 0.274 e. The summed E-state index contributed by atoms with van der Waals surface area (Å²) in [5.41, 5.74) is 3.32. The van der Waals surface area contributed by atoms with Crippen molar-refractivity contribution in [3.63, 3.8) is 0 Å². The Kier molecular flexibility index (Phi) is 7.02. The van der Waals surface area contributed by atoms with Crippen LogP contribution in [0.1, 0.15) is 44.1 Å². The normalized spacial score (nSPS) is 18.8. The number of imide groups is 1. The van der Waals surface area contributed by atoms with Crippen LogP contribution in [0.2, 0.25) is 0 Å². The highest BCUT2D eigenvalue weighted by atomic mass is 32.2. The maximum atomic E-state index is 13.8. The van der Waals surface area contributed by atoms with E-state index in [-0.39, 0.29) is 11.3 Å². The molecule has 2 amide bonds. The second kappa shape index (κ2) is 10.5. The van der Waals surface area contributed by atoms with Gasteiger partial charge in [-0.15, -0.1) is 11.3 Å². The van der Waals surface area contributed by atoms with Gasteiger partial charge in [0.15, 0.2) is 0 Å². The fourth-order valence-electron chi connectivity index (χ4n) is 5.68. The fraction of sp³-hybridized carbons (Fsp3) is 0.300. The summed E-state index contributed by atoms with van der Waals surface area (Å²) in [4.78, 5) is 32.7. The van der Waals surface area contributed by atoms with Crippen LogP contribution in [0.3, 0.4) is 0 Å². The van der Waals surface area contributed by atoms with Crippen LogP contribution in [0.4, 0.5) is 10.1 Å². The molecule has 2 heterocycles. The summed E-state index contributed by atoms with van der Waals surface area (Å²) < 4.78 is 43.6. The molecule has 10 heteroatoms. The number of aromatic nitrogens is 1. The number of fused-ring (bicyclic) bond motifs is 1. The van der Waals surface area contributed by atoms with Crippen molar-refractivity contribution in [3.8, 4) is 10.6 Å². The first-order valence-electron chi connectivity index (χ1n) is 13.4. The lowest BCUT2D eigenvalue weighted by molar-refractivity contribution is -0.122. The Labute approximate surface area is 236 Å². The lowest BCUT2D eigenvalue weighted by Crippen LogP contribution is -2.51. The molecule has 1 aliphatic carbocycles. The number of carbonyl (C=O) groups is 2. The summed E-state index contributed by atoms with van der Waals surface area (Å²) in [7, 11) is -4.16. The Hall–Kier alpha value is -3.47. The molecule has 2 aliphatic rings. The fourth-order valence-corrected chi connectivity index (χ4v) is 8.57. The molecule has 206 valence electrons. The van der Waals surface area contributed by atoms with Gasteiger partial charge in [-0.3, -0.25) is 9.59 Å². The maximum Gasteiger partial charge on any atom is 0.252 e. The van der Waals surface area contributed by atoms with E-state index >= 15 is 0 Å². The van der Waals surface area contributed by atoms with Crippen LogP contribution < -0.4 is 4.90 Å². The van der Waals surface area contributed by atoms with Crippen LogP contribution in [0.5, 0.6) is 0 Å². The zero-order chi connectivity index (χ0) is 28.0. The first kappa shape index (κ1) is 26.7. The number of thiazole rings is 1. The number of halogens is 1. The molecule has 1 aliphatic heterocycles. The Morgan fingerprint density at radius 3 is 2.35 bits per heavy atom. The Bertz CT molecular complexity index is 1700. The highest BCUT2D eigenvalue weighted by molar-refractivity contribution is 7.89.